The summed E-state index contributed by atoms with van der Waals surface area (Å²) in [6.07, 6.45) is 1.66. The van der Waals surface area contributed by atoms with Gasteiger partial charge in [-0.3, -0.25) is 0 Å². The van der Waals surface area contributed by atoms with Crippen molar-refractivity contribution in [3.8, 4) is 28.5 Å². The fourth-order valence-corrected chi connectivity index (χ4v) is 2.38. The lowest BCUT2D eigenvalue weighted by molar-refractivity contribution is 0.415. The van der Waals surface area contributed by atoms with Crippen LogP contribution < -0.4 is 4.74 Å². The van der Waals surface area contributed by atoms with Crippen molar-refractivity contribution in [2.75, 3.05) is 7.11 Å². The Hall–Kier alpha value is -3.01. The van der Waals surface area contributed by atoms with Gasteiger partial charge in [0.1, 0.15) is 17.0 Å². The summed E-state index contributed by atoms with van der Waals surface area (Å²) in [6.45, 7) is 0. The highest BCUT2D eigenvalue weighted by atomic mass is 16.5. The number of aromatic nitrogens is 1. The Bertz CT molecular complexity index is 905. The smallest absolute Gasteiger partial charge is 0.227 e. The van der Waals surface area contributed by atoms with Gasteiger partial charge in [-0.2, -0.15) is 0 Å². The van der Waals surface area contributed by atoms with Crippen LogP contribution in [-0.2, 0) is 0 Å². The number of rotatable bonds is 3. The van der Waals surface area contributed by atoms with Crippen molar-refractivity contribution < 1.29 is 13.6 Å². The number of benzene rings is 2. The number of hydrogen-bond acceptors (Lipinski definition) is 4. The van der Waals surface area contributed by atoms with E-state index in [1.54, 1.807) is 13.4 Å². The Morgan fingerprint density at radius 2 is 1.77 bits per heavy atom. The van der Waals surface area contributed by atoms with Gasteiger partial charge in [0.15, 0.2) is 5.58 Å². The predicted molar refractivity (Wildman–Crippen MR) is 83.7 cm³/mol. The summed E-state index contributed by atoms with van der Waals surface area (Å²) >= 11 is 0. The Morgan fingerprint density at radius 3 is 2.50 bits per heavy atom. The summed E-state index contributed by atoms with van der Waals surface area (Å²) in [4.78, 5) is 4.56. The molecule has 0 aliphatic heterocycles. The van der Waals surface area contributed by atoms with Gasteiger partial charge in [-0.1, -0.05) is 0 Å². The Labute approximate surface area is 127 Å². The molecule has 0 spiro atoms. The minimum atomic E-state index is 0.592. The van der Waals surface area contributed by atoms with E-state index in [1.807, 2.05) is 54.6 Å². The van der Waals surface area contributed by atoms with Crippen molar-refractivity contribution in [2.24, 2.45) is 0 Å². The standard InChI is InChI=1S/C18H13NO3/c1-20-14-7-4-12(5-8-14)18-19-15-11-13(6-9-17(15)22-18)16-3-2-10-21-16/h2-11H,1H3. The predicted octanol–water partition coefficient (Wildman–Crippen LogP) is 4.76. The van der Waals surface area contributed by atoms with Gasteiger partial charge in [0.25, 0.3) is 0 Å². The van der Waals surface area contributed by atoms with Gasteiger partial charge in [-0.25, -0.2) is 4.98 Å². The van der Waals surface area contributed by atoms with Gasteiger partial charge in [0.05, 0.1) is 13.4 Å². The quantitative estimate of drug-likeness (QED) is 0.546. The molecule has 0 N–H and O–H groups in total. The molecule has 0 radical (unpaired) electrons. The molecule has 0 aliphatic carbocycles. The van der Waals surface area contributed by atoms with Crippen molar-refractivity contribution in [1.29, 1.82) is 0 Å². The van der Waals surface area contributed by atoms with Gasteiger partial charge < -0.3 is 13.6 Å². The minimum absolute atomic E-state index is 0.592. The molecule has 4 heteroatoms. The van der Waals surface area contributed by atoms with E-state index in [4.69, 9.17) is 13.6 Å². The van der Waals surface area contributed by atoms with E-state index in [2.05, 4.69) is 4.98 Å². The topological polar surface area (TPSA) is 48.4 Å². The average Bonchev–Trinajstić information content (AvgIpc) is 3.23. The number of methoxy groups -OCH3 is 1. The first-order valence-electron chi connectivity index (χ1n) is 6.92. The highest BCUT2D eigenvalue weighted by Crippen LogP contribution is 2.29. The average molecular weight is 291 g/mol. The molecule has 0 bridgehead atoms. The molecule has 0 aliphatic rings. The zero-order chi connectivity index (χ0) is 14.9. The number of furan rings is 1. The van der Waals surface area contributed by atoms with E-state index < -0.39 is 0 Å². The molecule has 4 rings (SSSR count). The molecule has 4 nitrogen and oxygen atoms in total. The van der Waals surface area contributed by atoms with Crippen LogP contribution in [-0.4, -0.2) is 12.1 Å². The molecule has 22 heavy (non-hydrogen) atoms. The van der Waals surface area contributed by atoms with Crippen molar-refractivity contribution in [1.82, 2.24) is 4.98 Å². The van der Waals surface area contributed by atoms with Crippen LogP contribution in [0.3, 0.4) is 0 Å². The Balaban J connectivity index is 1.76. The number of ether oxygens (including phenoxy) is 1. The zero-order valence-corrected chi connectivity index (χ0v) is 11.9. The molecule has 2 aromatic heterocycles. The second-order valence-corrected chi connectivity index (χ2v) is 4.91. The molecule has 4 aromatic rings. The number of fused-ring (bicyclic) bond motifs is 1. The SMILES string of the molecule is COc1ccc(-c2nc3cc(-c4ccco4)ccc3o2)cc1. The van der Waals surface area contributed by atoms with Crippen LogP contribution in [0.25, 0.3) is 33.9 Å². The Kier molecular flexibility index (Phi) is 2.93. The zero-order valence-electron chi connectivity index (χ0n) is 11.9. The first kappa shape index (κ1) is 12.7. The summed E-state index contributed by atoms with van der Waals surface area (Å²) in [6, 6.07) is 17.3. The number of oxazole rings is 1. The molecule has 0 fully saturated rings. The summed E-state index contributed by atoms with van der Waals surface area (Å²) in [5.41, 5.74) is 3.45. The third-order valence-electron chi connectivity index (χ3n) is 3.53. The maximum absolute atomic E-state index is 5.82. The summed E-state index contributed by atoms with van der Waals surface area (Å²) in [5.74, 6) is 2.21. The fraction of sp³-hybridized carbons (Fsp3) is 0.0556. The van der Waals surface area contributed by atoms with Gasteiger partial charge in [0.2, 0.25) is 5.89 Å². The Morgan fingerprint density at radius 1 is 0.955 bits per heavy atom. The molecular formula is C18H13NO3. The highest BCUT2D eigenvalue weighted by Gasteiger charge is 2.10. The maximum Gasteiger partial charge on any atom is 0.227 e. The molecule has 0 amide bonds. The van der Waals surface area contributed by atoms with Crippen LogP contribution in [0.15, 0.2) is 69.7 Å². The fourth-order valence-electron chi connectivity index (χ4n) is 2.38. The molecule has 2 heterocycles. The molecule has 2 aromatic carbocycles. The first-order valence-corrected chi connectivity index (χ1v) is 6.92. The minimum Gasteiger partial charge on any atom is -0.497 e. The summed E-state index contributed by atoms with van der Waals surface area (Å²) < 4.78 is 16.4. The largest absolute Gasteiger partial charge is 0.497 e. The van der Waals surface area contributed by atoms with Crippen molar-refractivity contribution in [3.63, 3.8) is 0 Å². The molecule has 0 saturated heterocycles. The van der Waals surface area contributed by atoms with Crippen molar-refractivity contribution in [3.05, 3.63) is 60.9 Å². The molecule has 0 atom stereocenters. The van der Waals surface area contributed by atoms with Crippen LogP contribution in [0, 0.1) is 0 Å². The molecule has 108 valence electrons. The van der Waals surface area contributed by atoms with Crippen LogP contribution in [0.2, 0.25) is 0 Å². The second kappa shape index (κ2) is 5.07. The molecular weight excluding hydrogens is 278 g/mol. The monoisotopic (exact) mass is 291 g/mol. The summed E-state index contributed by atoms with van der Waals surface area (Å²) in [5, 5.41) is 0. The lowest BCUT2D eigenvalue weighted by Crippen LogP contribution is -1.82. The third-order valence-corrected chi connectivity index (χ3v) is 3.53. The normalized spacial score (nSPS) is 11.0. The van der Waals surface area contributed by atoms with Crippen molar-refractivity contribution in [2.45, 2.75) is 0 Å². The summed E-state index contributed by atoms with van der Waals surface area (Å²) in [7, 11) is 1.64. The van der Waals surface area contributed by atoms with Crippen molar-refractivity contribution >= 4 is 11.1 Å². The van der Waals surface area contributed by atoms with E-state index in [0.717, 1.165) is 33.7 Å². The van der Waals surface area contributed by atoms with E-state index in [-0.39, 0.29) is 0 Å². The van der Waals surface area contributed by atoms with E-state index in [1.165, 1.54) is 0 Å². The van der Waals surface area contributed by atoms with Gasteiger partial charge in [0, 0.05) is 11.1 Å². The second-order valence-electron chi connectivity index (χ2n) is 4.91. The maximum atomic E-state index is 5.82. The molecule has 0 unspecified atom stereocenters. The van der Waals surface area contributed by atoms with E-state index in [9.17, 15) is 0 Å². The van der Waals surface area contributed by atoms with Gasteiger partial charge in [-0.05, 0) is 54.6 Å². The lowest BCUT2D eigenvalue weighted by atomic mass is 10.1. The van der Waals surface area contributed by atoms with Crippen LogP contribution in [0.5, 0.6) is 5.75 Å². The number of hydrogen-bond donors (Lipinski definition) is 0. The molecule has 0 saturated carbocycles. The third kappa shape index (κ3) is 2.15. The highest BCUT2D eigenvalue weighted by molar-refractivity contribution is 5.81. The van der Waals surface area contributed by atoms with Crippen LogP contribution >= 0.6 is 0 Å². The van der Waals surface area contributed by atoms with Gasteiger partial charge in [-0.15, -0.1) is 0 Å². The van der Waals surface area contributed by atoms with E-state index in [0.29, 0.717) is 5.89 Å². The van der Waals surface area contributed by atoms with E-state index >= 15 is 0 Å². The van der Waals surface area contributed by atoms with Gasteiger partial charge >= 0.3 is 0 Å². The van der Waals surface area contributed by atoms with Crippen LogP contribution in [0.4, 0.5) is 0 Å². The first-order chi connectivity index (χ1) is 10.8. The van der Waals surface area contributed by atoms with Crippen LogP contribution in [0.1, 0.15) is 0 Å². The number of nitrogens with zero attached hydrogens (tertiary/aromatic N) is 1. The lowest BCUT2D eigenvalue weighted by Gasteiger charge is -1.99.